The molecule has 3 nitrogen and oxygen atoms in total. The van der Waals surface area contributed by atoms with Gasteiger partial charge < -0.3 is 9.47 Å². The van der Waals surface area contributed by atoms with E-state index in [-0.39, 0.29) is 17.5 Å². The molecule has 0 N–H and O–H groups in total. The third-order valence-electron chi connectivity index (χ3n) is 2.46. The molecule has 1 aliphatic rings. The molecular weight excluding hydrogens is 224 g/mol. The number of esters is 1. The number of ether oxygens (including phenoxy) is 2. The number of carbonyl (C=O) groups is 1. The zero-order valence-electron chi connectivity index (χ0n) is 9.09. The molecule has 1 aliphatic heterocycles. The highest BCUT2D eigenvalue weighted by molar-refractivity contribution is 7.99. The number of hydrogen-bond acceptors (Lipinski definition) is 4. The molecule has 4 heteroatoms. The maximum Gasteiger partial charge on any atom is 0.309 e. The first-order valence-electron chi connectivity index (χ1n) is 5.17. The Morgan fingerprint density at radius 1 is 1.44 bits per heavy atom. The summed E-state index contributed by atoms with van der Waals surface area (Å²) in [5.74, 6) is 0.708. The number of carbonyl (C=O) groups excluding carboxylic acids is 1. The molecule has 16 heavy (non-hydrogen) atoms. The van der Waals surface area contributed by atoms with Gasteiger partial charge in [0.15, 0.2) is 0 Å². The predicted molar refractivity (Wildman–Crippen MR) is 63.0 cm³/mol. The lowest BCUT2D eigenvalue weighted by molar-refractivity contribution is -0.157. The Hall–Kier alpha value is -1.00. The molecule has 0 bridgehead atoms. The first-order valence-corrected chi connectivity index (χ1v) is 6.22. The van der Waals surface area contributed by atoms with E-state index in [2.05, 4.69) is 12.1 Å². The van der Waals surface area contributed by atoms with E-state index in [0.29, 0.717) is 6.42 Å². The topological polar surface area (TPSA) is 35.5 Å². The fourth-order valence-electron chi connectivity index (χ4n) is 1.63. The minimum atomic E-state index is -0.388. The van der Waals surface area contributed by atoms with Gasteiger partial charge in [-0.2, -0.15) is 0 Å². The molecule has 86 valence electrons. The van der Waals surface area contributed by atoms with Crippen LogP contribution in [0.15, 0.2) is 30.3 Å². The van der Waals surface area contributed by atoms with Gasteiger partial charge in [-0.1, -0.05) is 30.3 Å². The quantitative estimate of drug-likeness (QED) is 0.753. The molecule has 1 heterocycles. The van der Waals surface area contributed by atoms with Crippen LogP contribution in [-0.4, -0.2) is 24.6 Å². The number of methoxy groups -OCH3 is 1. The van der Waals surface area contributed by atoms with E-state index in [9.17, 15) is 4.79 Å². The molecule has 2 atom stereocenters. The first kappa shape index (κ1) is 11.5. The van der Waals surface area contributed by atoms with Gasteiger partial charge in [-0.15, -0.1) is 11.8 Å². The summed E-state index contributed by atoms with van der Waals surface area (Å²) >= 11 is 1.70. The van der Waals surface area contributed by atoms with Crippen LogP contribution in [0.3, 0.4) is 0 Å². The van der Waals surface area contributed by atoms with Crippen molar-refractivity contribution in [2.24, 2.45) is 0 Å². The number of cyclic esters (lactones) is 1. The third-order valence-corrected chi connectivity index (χ3v) is 3.78. The van der Waals surface area contributed by atoms with Crippen molar-refractivity contribution in [2.75, 3.05) is 7.11 Å². The van der Waals surface area contributed by atoms with Crippen LogP contribution in [0, 0.1) is 0 Å². The van der Waals surface area contributed by atoms with Crippen LogP contribution in [0.5, 0.6) is 0 Å². The van der Waals surface area contributed by atoms with Gasteiger partial charge in [0.2, 0.25) is 6.29 Å². The number of benzene rings is 1. The molecule has 0 spiro atoms. The Morgan fingerprint density at radius 3 is 2.88 bits per heavy atom. The van der Waals surface area contributed by atoms with Gasteiger partial charge in [0.1, 0.15) is 0 Å². The number of hydrogen-bond donors (Lipinski definition) is 0. The zero-order chi connectivity index (χ0) is 11.4. The van der Waals surface area contributed by atoms with Gasteiger partial charge in [-0.25, -0.2) is 0 Å². The summed E-state index contributed by atoms with van der Waals surface area (Å²) in [4.78, 5) is 11.1. The maximum atomic E-state index is 11.1. The van der Waals surface area contributed by atoms with Crippen LogP contribution in [-0.2, 0) is 20.0 Å². The van der Waals surface area contributed by atoms with Gasteiger partial charge in [0.05, 0.1) is 11.7 Å². The van der Waals surface area contributed by atoms with E-state index < -0.39 is 0 Å². The van der Waals surface area contributed by atoms with E-state index in [4.69, 9.17) is 9.47 Å². The summed E-state index contributed by atoms with van der Waals surface area (Å²) in [5.41, 5.74) is 1.25. The van der Waals surface area contributed by atoms with Crippen LogP contribution < -0.4 is 0 Å². The highest BCUT2D eigenvalue weighted by Crippen LogP contribution is 2.30. The summed E-state index contributed by atoms with van der Waals surface area (Å²) in [5, 5.41) is 0.109. The van der Waals surface area contributed by atoms with Crippen molar-refractivity contribution in [3.05, 3.63) is 35.9 Å². The molecule has 1 aromatic carbocycles. The van der Waals surface area contributed by atoms with Crippen LogP contribution in [0.1, 0.15) is 12.0 Å². The highest BCUT2D eigenvalue weighted by Gasteiger charge is 2.35. The van der Waals surface area contributed by atoms with Gasteiger partial charge >= 0.3 is 5.97 Å². The van der Waals surface area contributed by atoms with Crippen molar-refractivity contribution in [1.29, 1.82) is 0 Å². The smallest absolute Gasteiger partial charge is 0.309 e. The van der Waals surface area contributed by atoms with Crippen molar-refractivity contribution < 1.29 is 14.3 Å². The Bertz CT molecular complexity index is 353. The molecule has 0 radical (unpaired) electrons. The average molecular weight is 238 g/mol. The number of rotatable bonds is 4. The second kappa shape index (κ2) is 5.37. The van der Waals surface area contributed by atoms with E-state index in [1.165, 1.54) is 5.56 Å². The van der Waals surface area contributed by atoms with E-state index in [1.54, 1.807) is 18.9 Å². The second-order valence-electron chi connectivity index (χ2n) is 3.63. The highest BCUT2D eigenvalue weighted by atomic mass is 32.2. The summed E-state index contributed by atoms with van der Waals surface area (Å²) in [6.07, 6.45) is 0.0527. The number of thioether (sulfide) groups is 1. The fraction of sp³-hybridized carbons (Fsp3) is 0.417. The van der Waals surface area contributed by atoms with Crippen molar-refractivity contribution in [2.45, 2.75) is 23.7 Å². The lowest BCUT2D eigenvalue weighted by Gasteiger charge is -2.14. The Balaban J connectivity index is 1.88. The Kier molecular flexibility index (Phi) is 3.85. The van der Waals surface area contributed by atoms with Crippen molar-refractivity contribution in [3.63, 3.8) is 0 Å². The third kappa shape index (κ3) is 2.77. The van der Waals surface area contributed by atoms with Crippen molar-refractivity contribution in [1.82, 2.24) is 0 Å². The molecule has 1 aromatic rings. The minimum Gasteiger partial charge on any atom is -0.434 e. The van der Waals surface area contributed by atoms with Gasteiger partial charge in [-0.05, 0) is 5.56 Å². The normalized spacial score (nSPS) is 24.4. The monoisotopic (exact) mass is 238 g/mol. The minimum absolute atomic E-state index is 0.109. The summed E-state index contributed by atoms with van der Waals surface area (Å²) in [7, 11) is 1.57. The molecule has 2 rings (SSSR count). The van der Waals surface area contributed by atoms with E-state index in [0.717, 1.165) is 5.75 Å². The largest absolute Gasteiger partial charge is 0.434 e. The second-order valence-corrected chi connectivity index (χ2v) is 4.86. The van der Waals surface area contributed by atoms with E-state index >= 15 is 0 Å². The SMILES string of the molecule is CO[C@@H]1OC(=O)C[C@H]1SCc1ccccc1. The molecule has 1 fully saturated rings. The zero-order valence-corrected chi connectivity index (χ0v) is 9.91. The Morgan fingerprint density at radius 2 is 2.19 bits per heavy atom. The molecule has 1 saturated heterocycles. The molecular formula is C12H14O3S. The standard InChI is InChI=1S/C12H14O3S/c1-14-12-10(7-11(13)15-12)16-8-9-5-3-2-4-6-9/h2-6,10,12H,7-8H2,1H3/t10-,12-/m1/s1. The lowest BCUT2D eigenvalue weighted by atomic mass is 10.2. The van der Waals surface area contributed by atoms with Crippen LogP contribution >= 0.6 is 11.8 Å². The van der Waals surface area contributed by atoms with Gasteiger partial charge in [-0.3, -0.25) is 4.79 Å². The van der Waals surface area contributed by atoms with Crippen LogP contribution in [0.2, 0.25) is 0 Å². The average Bonchev–Trinajstić information content (AvgIpc) is 2.68. The Labute approximate surface area is 99.1 Å². The first-order chi connectivity index (χ1) is 7.79. The van der Waals surface area contributed by atoms with Gasteiger partial charge in [0, 0.05) is 12.9 Å². The molecule has 0 aromatic heterocycles. The van der Waals surface area contributed by atoms with Crippen LogP contribution in [0.25, 0.3) is 0 Å². The van der Waals surface area contributed by atoms with Crippen molar-refractivity contribution >= 4 is 17.7 Å². The lowest BCUT2D eigenvalue weighted by Crippen LogP contribution is -2.20. The maximum absolute atomic E-state index is 11.1. The molecule has 0 aliphatic carbocycles. The van der Waals surface area contributed by atoms with Gasteiger partial charge in [0.25, 0.3) is 0 Å². The molecule has 0 saturated carbocycles. The molecule has 0 amide bonds. The fourth-order valence-corrected chi connectivity index (χ4v) is 2.81. The van der Waals surface area contributed by atoms with Crippen LogP contribution in [0.4, 0.5) is 0 Å². The molecule has 0 unspecified atom stereocenters. The summed E-state index contributed by atoms with van der Waals surface area (Å²) < 4.78 is 10.1. The summed E-state index contributed by atoms with van der Waals surface area (Å²) in [6.45, 7) is 0. The predicted octanol–water partition coefficient (Wildman–Crippen LogP) is 2.21. The summed E-state index contributed by atoms with van der Waals surface area (Å²) in [6, 6.07) is 10.2. The van der Waals surface area contributed by atoms with E-state index in [1.807, 2.05) is 18.2 Å². The van der Waals surface area contributed by atoms with Crippen molar-refractivity contribution in [3.8, 4) is 0 Å².